The van der Waals surface area contributed by atoms with E-state index in [1.165, 1.54) is 6.92 Å². The summed E-state index contributed by atoms with van der Waals surface area (Å²) >= 11 is 5.71. The Morgan fingerprint density at radius 3 is 2.45 bits per heavy atom. The second-order valence-electron chi connectivity index (χ2n) is 4.32. The molecule has 0 heterocycles. The highest BCUT2D eigenvalue weighted by atomic mass is 35.5. The molecule has 9 heteroatoms. The van der Waals surface area contributed by atoms with E-state index in [-0.39, 0.29) is 26.9 Å². The molecule has 0 amide bonds. The molecule has 0 spiro atoms. The number of nitrogens with zero attached hydrogens (tertiary/aromatic N) is 1. The van der Waals surface area contributed by atoms with Gasteiger partial charge in [0.15, 0.2) is 5.75 Å². The van der Waals surface area contributed by atoms with Crippen LogP contribution >= 0.6 is 11.6 Å². The monoisotopic (exact) mass is 345 g/mol. The number of hydrogen-bond acceptors (Lipinski definition) is 5. The van der Waals surface area contributed by atoms with E-state index in [1.807, 2.05) is 0 Å². The van der Waals surface area contributed by atoms with Gasteiger partial charge in [0.25, 0.3) is 5.69 Å². The van der Waals surface area contributed by atoms with Gasteiger partial charge in [-0.1, -0.05) is 11.6 Å². The molecule has 0 saturated carbocycles. The predicted molar refractivity (Wildman–Crippen MR) is 77.1 cm³/mol. The van der Waals surface area contributed by atoms with Crippen molar-refractivity contribution in [3.05, 3.63) is 62.9 Å². The molecule has 0 aliphatic carbocycles. The van der Waals surface area contributed by atoms with Crippen molar-refractivity contribution in [2.45, 2.75) is 11.8 Å². The van der Waals surface area contributed by atoms with Gasteiger partial charge in [-0.2, -0.15) is 8.42 Å². The first-order valence-corrected chi connectivity index (χ1v) is 7.64. The Morgan fingerprint density at radius 2 is 1.91 bits per heavy atom. The van der Waals surface area contributed by atoms with Crippen LogP contribution in [0.2, 0.25) is 5.02 Å². The number of benzene rings is 2. The summed E-state index contributed by atoms with van der Waals surface area (Å²) in [6.45, 7) is 1.40. The summed E-state index contributed by atoms with van der Waals surface area (Å²) in [5.41, 5.74) is -0.0938. The first-order chi connectivity index (χ1) is 10.2. The highest BCUT2D eigenvalue weighted by Gasteiger charge is 2.22. The van der Waals surface area contributed by atoms with E-state index in [4.69, 9.17) is 15.8 Å². The van der Waals surface area contributed by atoms with Crippen molar-refractivity contribution in [3.8, 4) is 5.75 Å². The average Bonchev–Trinajstić information content (AvgIpc) is 2.41. The molecule has 6 nitrogen and oxygen atoms in total. The van der Waals surface area contributed by atoms with Crippen molar-refractivity contribution in [2.24, 2.45) is 0 Å². The Morgan fingerprint density at radius 1 is 1.23 bits per heavy atom. The van der Waals surface area contributed by atoms with Gasteiger partial charge >= 0.3 is 10.1 Å². The molecule has 2 aromatic carbocycles. The van der Waals surface area contributed by atoms with E-state index in [2.05, 4.69) is 0 Å². The summed E-state index contributed by atoms with van der Waals surface area (Å²) in [5, 5.41) is 10.4. The molecule has 0 fully saturated rings. The molecule has 0 unspecified atom stereocenters. The van der Waals surface area contributed by atoms with Crippen LogP contribution in [0, 0.1) is 22.9 Å². The molecule has 2 aromatic rings. The maximum atomic E-state index is 12.9. The van der Waals surface area contributed by atoms with E-state index in [9.17, 15) is 22.9 Å². The van der Waals surface area contributed by atoms with Crippen LogP contribution in [0.25, 0.3) is 0 Å². The van der Waals surface area contributed by atoms with Crippen molar-refractivity contribution in [2.75, 3.05) is 0 Å². The van der Waals surface area contributed by atoms with Gasteiger partial charge in [-0.05, 0) is 36.8 Å². The molecule has 2 rings (SSSR count). The molecule has 0 aromatic heterocycles. The van der Waals surface area contributed by atoms with Crippen LogP contribution in [0.3, 0.4) is 0 Å². The van der Waals surface area contributed by atoms with Gasteiger partial charge in [-0.15, -0.1) is 0 Å². The number of nitro benzene ring substituents is 1. The van der Waals surface area contributed by atoms with Gasteiger partial charge in [0.1, 0.15) is 10.7 Å². The minimum atomic E-state index is -4.25. The smallest absolute Gasteiger partial charge is 0.339 e. The highest BCUT2D eigenvalue weighted by molar-refractivity contribution is 7.87. The SMILES string of the molecule is Cc1cc([N+](=O)[O-])ccc1S(=O)(=O)Oc1ccc(F)cc1Cl. The van der Waals surface area contributed by atoms with Gasteiger partial charge in [0.2, 0.25) is 0 Å². The third-order valence-corrected chi connectivity index (χ3v) is 4.42. The Hall–Kier alpha value is -2.19. The zero-order valence-corrected chi connectivity index (χ0v) is 12.7. The van der Waals surface area contributed by atoms with E-state index < -0.39 is 20.9 Å². The van der Waals surface area contributed by atoms with Gasteiger partial charge in [-0.25, -0.2) is 4.39 Å². The van der Waals surface area contributed by atoms with E-state index in [0.717, 1.165) is 36.4 Å². The number of nitro groups is 1. The molecule has 0 bridgehead atoms. The fourth-order valence-corrected chi connectivity index (χ4v) is 3.14. The van der Waals surface area contributed by atoms with E-state index >= 15 is 0 Å². The normalized spacial score (nSPS) is 11.2. The van der Waals surface area contributed by atoms with Crippen LogP contribution in [-0.2, 0) is 10.1 Å². The standard InChI is InChI=1S/C13H9ClFNO5S/c1-8-6-10(16(17)18)3-5-13(8)22(19,20)21-12-4-2-9(15)7-11(12)14/h2-7H,1H3. The Bertz CT molecular complexity index is 854. The number of rotatable bonds is 4. The van der Waals surface area contributed by atoms with E-state index in [0.29, 0.717) is 0 Å². The number of non-ortho nitro benzene ring substituents is 1. The third-order valence-electron chi connectivity index (χ3n) is 2.73. The summed E-state index contributed by atoms with van der Waals surface area (Å²) in [6, 6.07) is 6.22. The van der Waals surface area contributed by atoms with Crippen LogP contribution in [0.1, 0.15) is 5.56 Å². The molecule has 0 N–H and O–H groups in total. The minimum absolute atomic E-state index is 0.146. The summed E-state index contributed by atoms with van der Waals surface area (Å²) in [7, 11) is -4.25. The minimum Gasteiger partial charge on any atom is -0.377 e. The lowest BCUT2D eigenvalue weighted by molar-refractivity contribution is -0.385. The molecular formula is C13H9ClFNO5S. The van der Waals surface area contributed by atoms with Crippen molar-refractivity contribution < 1.29 is 21.9 Å². The van der Waals surface area contributed by atoms with Crippen molar-refractivity contribution in [1.29, 1.82) is 0 Å². The number of hydrogen-bond donors (Lipinski definition) is 0. The summed E-state index contributed by atoms with van der Waals surface area (Å²) in [5.74, 6) is -0.873. The summed E-state index contributed by atoms with van der Waals surface area (Å²) in [4.78, 5) is 9.78. The zero-order valence-electron chi connectivity index (χ0n) is 11.1. The molecule has 0 aliphatic heterocycles. The zero-order chi connectivity index (χ0) is 16.5. The van der Waals surface area contributed by atoms with Crippen LogP contribution in [-0.4, -0.2) is 13.3 Å². The maximum absolute atomic E-state index is 12.9. The number of aryl methyl sites for hydroxylation is 1. The molecule has 22 heavy (non-hydrogen) atoms. The Balaban J connectivity index is 2.40. The predicted octanol–water partition coefficient (Wildman–Crippen LogP) is 3.46. The quantitative estimate of drug-likeness (QED) is 0.481. The molecule has 0 atom stereocenters. The van der Waals surface area contributed by atoms with Gasteiger partial charge in [0, 0.05) is 12.1 Å². The third kappa shape index (κ3) is 3.34. The molecule has 0 aliphatic rings. The topological polar surface area (TPSA) is 86.5 Å². The average molecular weight is 346 g/mol. The van der Waals surface area contributed by atoms with Gasteiger partial charge in [-0.3, -0.25) is 10.1 Å². The van der Waals surface area contributed by atoms with Crippen LogP contribution in [0.15, 0.2) is 41.3 Å². The second kappa shape index (κ2) is 5.90. The second-order valence-corrected chi connectivity index (χ2v) is 6.24. The molecule has 0 saturated heterocycles. The summed E-state index contributed by atoms with van der Waals surface area (Å²) in [6.07, 6.45) is 0. The van der Waals surface area contributed by atoms with Crippen LogP contribution in [0.5, 0.6) is 5.75 Å². The lowest BCUT2D eigenvalue weighted by atomic mass is 10.2. The largest absolute Gasteiger partial charge is 0.377 e. The molecular weight excluding hydrogens is 337 g/mol. The van der Waals surface area contributed by atoms with Crippen molar-refractivity contribution in [1.82, 2.24) is 0 Å². The van der Waals surface area contributed by atoms with Crippen LogP contribution < -0.4 is 4.18 Å². The fourth-order valence-electron chi connectivity index (χ4n) is 1.73. The first-order valence-electron chi connectivity index (χ1n) is 5.85. The Kier molecular flexibility index (Phi) is 4.34. The van der Waals surface area contributed by atoms with Crippen LogP contribution in [0.4, 0.5) is 10.1 Å². The lowest BCUT2D eigenvalue weighted by Crippen LogP contribution is -2.11. The molecule has 0 radical (unpaired) electrons. The van der Waals surface area contributed by atoms with Crippen molar-refractivity contribution in [3.63, 3.8) is 0 Å². The van der Waals surface area contributed by atoms with Gasteiger partial charge < -0.3 is 4.18 Å². The lowest BCUT2D eigenvalue weighted by Gasteiger charge is -2.10. The Labute approximate surface area is 130 Å². The highest BCUT2D eigenvalue weighted by Crippen LogP contribution is 2.29. The van der Waals surface area contributed by atoms with Crippen molar-refractivity contribution >= 4 is 27.4 Å². The maximum Gasteiger partial charge on any atom is 0.339 e. The summed E-state index contributed by atoms with van der Waals surface area (Å²) < 4.78 is 42.2. The first kappa shape index (κ1) is 16.2. The number of halogens is 2. The van der Waals surface area contributed by atoms with Gasteiger partial charge in [0.05, 0.1) is 9.95 Å². The van der Waals surface area contributed by atoms with E-state index in [1.54, 1.807) is 0 Å². The fraction of sp³-hybridized carbons (Fsp3) is 0.0769. The molecule has 116 valence electrons.